The van der Waals surface area contributed by atoms with Gasteiger partial charge in [-0.05, 0) is 5.56 Å². The van der Waals surface area contributed by atoms with Gasteiger partial charge >= 0.3 is 5.97 Å². The van der Waals surface area contributed by atoms with Gasteiger partial charge < -0.3 is 14.3 Å². The highest BCUT2D eigenvalue weighted by atomic mass is 32.2. The Kier molecular flexibility index (Phi) is 6.67. The number of carbonyl (C=O) groups is 1. The number of benzene rings is 1. The maximum atomic E-state index is 11.9. The first-order chi connectivity index (χ1) is 10.8. The van der Waals surface area contributed by atoms with Crippen LogP contribution in [0.5, 0.6) is 0 Å². The molecule has 118 valence electrons. The summed E-state index contributed by atoms with van der Waals surface area (Å²) in [6.45, 7) is 0.277. The van der Waals surface area contributed by atoms with E-state index in [0.29, 0.717) is 11.1 Å². The molecule has 0 N–H and O–H groups in total. The number of ether oxygens (including phenoxy) is 2. The molecule has 5 nitrogen and oxygen atoms in total. The van der Waals surface area contributed by atoms with E-state index in [1.54, 1.807) is 23.5 Å². The molecule has 1 aliphatic heterocycles. The molecule has 2 rings (SSSR count). The molecule has 0 spiro atoms. The fourth-order valence-corrected chi connectivity index (χ4v) is 3.93. The minimum atomic E-state index is -0.456. The Labute approximate surface area is 138 Å². The van der Waals surface area contributed by atoms with Crippen molar-refractivity contribution in [2.75, 3.05) is 25.7 Å². The van der Waals surface area contributed by atoms with Crippen LogP contribution in [0.2, 0.25) is 0 Å². The summed E-state index contributed by atoms with van der Waals surface area (Å²) in [5.74, 6) is 1.67. The molecule has 0 saturated carbocycles. The van der Waals surface area contributed by atoms with Gasteiger partial charge in [0.1, 0.15) is 12.2 Å². The molecule has 7 heteroatoms. The third-order valence-electron chi connectivity index (χ3n) is 2.84. The van der Waals surface area contributed by atoms with Gasteiger partial charge in [-0.2, -0.15) is 0 Å². The molecule has 1 saturated heterocycles. The van der Waals surface area contributed by atoms with Crippen molar-refractivity contribution < 1.29 is 19.1 Å². The lowest BCUT2D eigenvalue weighted by Gasteiger charge is -2.10. The number of carbonyl (C=O) groups excluding carboxylic acids is 1. The topological polar surface area (TPSA) is 57.1 Å². The zero-order valence-electron chi connectivity index (χ0n) is 12.4. The molecular formula is C15H17NO4S2. The average Bonchev–Trinajstić information content (AvgIpc) is 3.06. The first-order valence-corrected chi connectivity index (χ1v) is 8.58. The maximum Gasteiger partial charge on any atom is 0.341 e. The van der Waals surface area contributed by atoms with Crippen LogP contribution in [0.25, 0.3) is 5.57 Å². The second kappa shape index (κ2) is 8.75. The first kappa shape index (κ1) is 16.8. The lowest BCUT2D eigenvalue weighted by Crippen LogP contribution is -2.07. The molecule has 0 amide bonds. The molecule has 0 radical (unpaired) electrons. The van der Waals surface area contributed by atoms with Crippen molar-refractivity contribution in [2.24, 2.45) is 5.16 Å². The van der Waals surface area contributed by atoms with Crippen LogP contribution in [0, 0.1) is 0 Å². The Balaban J connectivity index is 2.16. The van der Waals surface area contributed by atoms with E-state index < -0.39 is 5.97 Å². The molecule has 1 aliphatic rings. The number of thioether (sulfide) groups is 2. The SMILES string of the molecule is COC=C(C(=O)OC)c1ccccc1CON=C1SCCS1. The summed E-state index contributed by atoms with van der Waals surface area (Å²) in [5, 5.41) is 4.11. The second-order valence-corrected chi connectivity index (χ2v) is 6.67. The molecule has 0 aliphatic carbocycles. The number of methoxy groups -OCH3 is 2. The van der Waals surface area contributed by atoms with Gasteiger partial charge in [0.2, 0.25) is 0 Å². The van der Waals surface area contributed by atoms with Crippen LogP contribution in [-0.4, -0.2) is 36.1 Å². The Morgan fingerprint density at radius 2 is 2.00 bits per heavy atom. The first-order valence-electron chi connectivity index (χ1n) is 6.61. The number of oxime groups is 1. The van der Waals surface area contributed by atoms with Crippen molar-refractivity contribution >= 4 is 39.4 Å². The van der Waals surface area contributed by atoms with Crippen molar-refractivity contribution in [2.45, 2.75) is 6.61 Å². The summed E-state index contributed by atoms with van der Waals surface area (Å²) in [5.41, 5.74) is 1.90. The van der Waals surface area contributed by atoms with Gasteiger partial charge in [-0.1, -0.05) is 52.9 Å². The predicted octanol–water partition coefficient (Wildman–Crippen LogP) is 3.11. The van der Waals surface area contributed by atoms with Crippen molar-refractivity contribution in [1.29, 1.82) is 0 Å². The van der Waals surface area contributed by atoms with Crippen molar-refractivity contribution in [1.82, 2.24) is 0 Å². The van der Waals surface area contributed by atoms with Crippen molar-refractivity contribution in [3.8, 4) is 0 Å². The zero-order chi connectivity index (χ0) is 15.8. The standard InChI is InChI=1S/C15H17NO4S2/c1-18-10-13(14(17)19-2)12-6-4-3-5-11(12)9-20-16-15-21-7-8-22-15/h3-6,10H,7-9H2,1-2H3. The lowest BCUT2D eigenvalue weighted by molar-refractivity contribution is -0.133. The third kappa shape index (κ3) is 4.45. The number of esters is 1. The fourth-order valence-electron chi connectivity index (χ4n) is 1.87. The zero-order valence-corrected chi connectivity index (χ0v) is 14.0. The molecule has 1 aromatic rings. The quantitative estimate of drug-likeness (QED) is 0.343. The molecule has 0 aromatic heterocycles. The van der Waals surface area contributed by atoms with E-state index in [1.807, 2.05) is 24.3 Å². The van der Waals surface area contributed by atoms with Gasteiger partial charge in [-0.15, -0.1) is 0 Å². The molecule has 0 unspecified atom stereocenters. The van der Waals surface area contributed by atoms with Gasteiger partial charge in [0.25, 0.3) is 0 Å². The van der Waals surface area contributed by atoms with Gasteiger partial charge in [-0.3, -0.25) is 0 Å². The molecule has 1 heterocycles. The summed E-state index contributed by atoms with van der Waals surface area (Å²) < 4.78 is 10.7. The lowest BCUT2D eigenvalue weighted by atomic mass is 10.0. The normalized spacial score (nSPS) is 14.6. The highest BCUT2D eigenvalue weighted by Crippen LogP contribution is 2.26. The van der Waals surface area contributed by atoms with Gasteiger partial charge in [0, 0.05) is 17.1 Å². The number of hydrogen-bond acceptors (Lipinski definition) is 7. The summed E-state index contributed by atoms with van der Waals surface area (Å²) >= 11 is 3.37. The van der Waals surface area contributed by atoms with Crippen LogP contribution in [0.1, 0.15) is 11.1 Å². The van der Waals surface area contributed by atoms with Gasteiger partial charge in [-0.25, -0.2) is 4.79 Å². The van der Waals surface area contributed by atoms with E-state index in [2.05, 4.69) is 5.16 Å². The Bertz CT molecular complexity index is 579. The van der Waals surface area contributed by atoms with Crippen LogP contribution >= 0.6 is 23.5 Å². The second-order valence-electron chi connectivity index (χ2n) is 4.24. The molecule has 1 fully saturated rings. The summed E-state index contributed by atoms with van der Waals surface area (Å²) in [6.07, 6.45) is 1.37. The van der Waals surface area contributed by atoms with Crippen LogP contribution in [0.3, 0.4) is 0 Å². The van der Waals surface area contributed by atoms with E-state index in [9.17, 15) is 4.79 Å². The number of hydrogen-bond donors (Lipinski definition) is 0. The molecule has 22 heavy (non-hydrogen) atoms. The third-order valence-corrected chi connectivity index (χ3v) is 5.27. The monoisotopic (exact) mass is 339 g/mol. The maximum absolute atomic E-state index is 11.9. The van der Waals surface area contributed by atoms with E-state index in [0.717, 1.165) is 21.4 Å². The van der Waals surface area contributed by atoms with E-state index in [1.165, 1.54) is 20.5 Å². The molecule has 1 aromatic carbocycles. The Morgan fingerprint density at radius 3 is 2.68 bits per heavy atom. The van der Waals surface area contributed by atoms with Gasteiger partial charge in [0.15, 0.2) is 4.38 Å². The molecule has 0 bridgehead atoms. The van der Waals surface area contributed by atoms with Crippen LogP contribution < -0.4 is 0 Å². The fraction of sp³-hybridized carbons (Fsp3) is 0.333. The predicted molar refractivity (Wildman–Crippen MR) is 90.6 cm³/mol. The highest BCUT2D eigenvalue weighted by molar-refractivity contribution is 8.41. The minimum absolute atomic E-state index is 0.277. The van der Waals surface area contributed by atoms with Gasteiger partial charge in [0.05, 0.1) is 20.5 Å². The van der Waals surface area contributed by atoms with Crippen molar-refractivity contribution in [3.63, 3.8) is 0 Å². The molecule has 0 atom stereocenters. The van der Waals surface area contributed by atoms with Crippen LogP contribution in [0.4, 0.5) is 0 Å². The number of rotatable bonds is 6. The van der Waals surface area contributed by atoms with Crippen molar-refractivity contribution in [3.05, 3.63) is 41.7 Å². The Hall–Kier alpha value is -1.60. The summed E-state index contributed by atoms with van der Waals surface area (Å²) in [4.78, 5) is 17.3. The minimum Gasteiger partial charge on any atom is -0.503 e. The van der Waals surface area contributed by atoms with Crippen LogP contribution in [0.15, 0.2) is 35.7 Å². The largest absolute Gasteiger partial charge is 0.503 e. The van der Waals surface area contributed by atoms with E-state index >= 15 is 0 Å². The van der Waals surface area contributed by atoms with Crippen LogP contribution in [-0.2, 0) is 25.7 Å². The Morgan fingerprint density at radius 1 is 1.27 bits per heavy atom. The highest BCUT2D eigenvalue weighted by Gasteiger charge is 2.17. The summed E-state index contributed by atoms with van der Waals surface area (Å²) in [6, 6.07) is 7.44. The van der Waals surface area contributed by atoms with E-state index in [4.69, 9.17) is 14.3 Å². The van der Waals surface area contributed by atoms with E-state index in [-0.39, 0.29) is 6.61 Å². The number of nitrogens with zero attached hydrogens (tertiary/aromatic N) is 1. The average molecular weight is 339 g/mol. The molecular weight excluding hydrogens is 322 g/mol. The summed E-state index contributed by atoms with van der Waals surface area (Å²) in [7, 11) is 2.83. The smallest absolute Gasteiger partial charge is 0.341 e.